The molecule has 1 amide bonds. The Bertz CT molecular complexity index is 3410. The van der Waals surface area contributed by atoms with Crippen molar-refractivity contribution in [3.8, 4) is 17.2 Å². The Morgan fingerprint density at radius 1 is 1.00 bits per heavy atom. The number of ether oxygens (including phenoxy) is 2. The molecule has 16 nitrogen and oxygen atoms in total. The third-order valence-electron chi connectivity index (χ3n) is 14.3. The number of amides is 1. The second-order valence-corrected chi connectivity index (χ2v) is 18.9. The molecular weight excluding hydrogens is 863 g/mol. The molecule has 4 atom stereocenters. The van der Waals surface area contributed by atoms with Gasteiger partial charge in [0.15, 0.2) is 11.6 Å². The molecule has 0 radical (unpaired) electrons. The Balaban J connectivity index is 1.04. The van der Waals surface area contributed by atoms with Gasteiger partial charge in [-0.05, 0) is 118 Å². The van der Waals surface area contributed by atoms with E-state index < -0.39 is 34.7 Å². The summed E-state index contributed by atoms with van der Waals surface area (Å²) in [5.41, 5.74) is 3.39. The Labute approximate surface area is 382 Å². The molecule has 8 aromatic rings. The van der Waals surface area contributed by atoms with Gasteiger partial charge >= 0.3 is 11.4 Å². The third-order valence-corrected chi connectivity index (χ3v) is 14.3. The topological polar surface area (TPSA) is 165 Å². The van der Waals surface area contributed by atoms with Crippen LogP contribution in [0.15, 0.2) is 87.3 Å². The molecule has 3 aliphatic rings. The van der Waals surface area contributed by atoms with Crippen LogP contribution in [0.2, 0.25) is 0 Å². The van der Waals surface area contributed by atoms with Crippen LogP contribution in [0.1, 0.15) is 97.6 Å². The zero-order chi connectivity index (χ0) is 46.7. The Morgan fingerprint density at radius 3 is 2.52 bits per heavy atom. The van der Waals surface area contributed by atoms with Crippen molar-refractivity contribution in [3.05, 3.63) is 140 Å². The zero-order valence-electron chi connectivity index (χ0n) is 38.0. The lowest BCUT2D eigenvalue weighted by Crippen LogP contribution is -2.41. The van der Waals surface area contributed by atoms with Gasteiger partial charge < -0.3 is 18.9 Å². The van der Waals surface area contributed by atoms with Gasteiger partial charge in [-0.25, -0.2) is 23.1 Å². The summed E-state index contributed by atoms with van der Waals surface area (Å²) in [5, 5.41) is 14.7. The van der Waals surface area contributed by atoms with Crippen LogP contribution in [0.5, 0.6) is 0 Å². The summed E-state index contributed by atoms with van der Waals surface area (Å²) >= 11 is 0. The van der Waals surface area contributed by atoms with Crippen LogP contribution in [-0.2, 0) is 28.0 Å². The first-order valence-electron chi connectivity index (χ1n) is 22.7. The lowest BCUT2D eigenvalue weighted by molar-refractivity contribution is -0.0592. The van der Waals surface area contributed by atoms with Gasteiger partial charge in [-0.1, -0.05) is 18.1 Å². The Kier molecular flexibility index (Phi) is 9.93. The molecule has 0 spiro atoms. The normalized spacial score (nSPS) is 21.4. The van der Waals surface area contributed by atoms with Gasteiger partial charge in [-0.2, -0.15) is 10.2 Å². The van der Waals surface area contributed by atoms with Crippen molar-refractivity contribution in [1.82, 2.24) is 48.3 Å². The maximum atomic E-state index is 16.4. The number of carbonyl (C=O) groups excluding carboxylic acids is 1. The van der Waals surface area contributed by atoms with E-state index in [1.807, 2.05) is 17.6 Å². The summed E-state index contributed by atoms with van der Waals surface area (Å²) in [7, 11) is 1.58. The van der Waals surface area contributed by atoms with Crippen LogP contribution >= 0.6 is 0 Å². The number of benzene rings is 3. The SMILES string of the molecule is COCCn1ncc2c(F)c(-n3ccn(-c4c5c(nn4-c4ccc(F)c(C)c4)CCN(C(=O)c4cc6cc([C@H]7CCOC(C)(C)C7)ccc6n4[C@@]4(c6noc(=O)[nH]6)C[C@@H]4C)[C@H]5C)c3=O)ccc21. The molecule has 346 valence electrons. The number of carbonyl (C=O) groups is 1. The molecule has 67 heavy (non-hydrogen) atoms. The van der Waals surface area contributed by atoms with Gasteiger partial charge in [0.1, 0.15) is 22.9 Å². The van der Waals surface area contributed by atoms with Crippen molar-refractivity contribution < 1.29 is 27.6 Å². The Hall–Kier alpha value is -6.92. The highest BCUT2D eigenvalue weighted by Crippen LogP contribution is 2.56. The smallest absolute Gasteiger partial charge is 0.383 e. The number of aromatic amines is 1. The van der Waals surface area contributed by atoms with Crippen molar-refractivity contribution in [2.75, 3.05) is 26.9 Å². The zero-order valence-corrected chi connectivity index (χ0v) is 38.0. The van der Waals surface area contributed by atoms with E-state index in [1.165, 1.54) is 27.6 Å². The number of halogens is 2. The fourth-order valence-electron chi connectivity index (χ4n) is 10.8. The predicted octanol–water partition coefficient (Wildman–Crippen LogP) is 7.24. The van der Waals surface area contributed by atoms with Crippen LogP contribution in [0, 0.1) is 24.5 Å². The highest BCUT2D eigenvalue weighted by Gasteiger charge is 2.59. The average molecular weight is 913 g/mol. The van der Waals surface area contributed by atoms with Crippen LogP contribution in [0.3, 0.4) is 0 Å². The van der Waals surface area contributed by atoms with Gasteiger partial charge in [-0.3, -0.25) is 28.1 Å². The summed E-state index contributed by atoms with van der Waals surface area (Å²) in [4.78, 5) is 47.3. The lowest BCUT2D eigenvalue weighted by atomic mass is 9.83. The number of rotatable bonds is 10. The molecule has 0 bridgehead atoms. The number of imidazole rings is 1. The number of methoxy groups -OCH3 is 1. The van der Waals surface area contributed by atoms with Crippen LogP contribution < -0.4 is 11.4 Å². The molecule has 3 aromatic carbocycles. The average Bonchev–Trinajstić information content (AvgIpc) is 3.95. The molecule has 1 saturated heterocycles. The number of H-pyrrole nitrogens is 1. The van der Waals surface area contributed by atoms with Gasteiger partial charge in [0, 0.05) is 55.5 Å². The number of hydrogen-bond donors (Lipinski definition) is 1. The van der Waals surface area contributed by atoms with Crippen LogP contribution in [0.25, 0.3) is 39.0 Å². The van der Waals surface area contributed by atoms with Gasteiger partial charge in [0.2, 0.25) is 0 Å². The fourth-order valence-corrected chi connectivity index (χ4v) is 10.8. The van der Waals surface area contributed by atoms with Crippen LogP contribution in [0.4, 0.5) is 8.78 Å². The molecule has 2 fully saturated rings. The highest BCUT2D eigenvalue weighted by atomic mass is 19.1. The number of fused-ring (bicyclic) bond motifs is 3. The monoisotopic (exact) mass is 912 g/mol. The first-order chi connectivity index (χ1) is 32.2. The standard InChI is InChI=1S/C49H50F2N10O6/c1-27-21-33(8-9-35(27)50)61-43(58-17-16-57(47(58)64)39-12-11-38-34(42(39)51)26-52-59(38)18-20-65-6)41-29(3)56(15-13-36(41)54-61)44(62)40-23-32-22-30(31-14-19-66-48(4,5)25-31)7-10-37(32)60(40)49(24-28(49)2)45-53-46(63)67-55-45/h7-12,16-17,21-23,26,28-29,31H,13-15,18-20,24-25H2,1-6H3,(H,53,55,63)/t28-,29-,31-,49-/m0/s1. The summed E-state index contributed by atoms with van der Waals surface area (Å²) in [5.74, 6) is -1.03. The van der Waals surface area contributed by atoms with Crippen molar-refractivity contribution in [2.24, 2.45) is 5.92 Å². The molecule has 18 heteroatoms. The second kappa shape index (κ2) is 15.6. The molecule has 1 saturated carbocycles. The molecule has 2 aliphatic heterocycles. The lowest BCUT2D eigenvalue weighted by Gasteiger charge is -2.35. The van der Waals surface area contributed by atoms with Gasteiger partial charge in [0.25, 0.3) is 5.91 Å². The van der Waals surface area contributed by atoms with Crippen molar-refractivity contribution in [3.63, 3.8) is 0 Å². The van der Waals surface area contributed by atoms with E-state index in [0.717, 1.165) is 29.3 Å². The highest BCUT2D eigenvalue weighted by molar-refractivity contribution is 6.00. The minimum absolute atomic E-state index is 0.00551. The quantitative estimate of drug-likeness (QED) is 0.149. The first kappa shape index (κ1) is 42.7. The predicted molar refractivity (Wildman–Crippen MR) is 243 cm³/mol. The molecule has 7 heterocycles. The number of aryl methyl sites for hydroxylation is 1. The molecule has 5 aromatic heterocycles. The van der Waals surface area contributed by atoms with Crippen molar-refractivity contribution >= 4 is 27.7 Å². The third kappa shape index (κ3) is 6.73. The van der Waals surface area contributed by atoms with Gasteiger partial charge in [-0.15, -0.1) is 0 Å². The van der Waals surface area contributed by atoms with E-state index in [9.17, 15) is 14.0 Å². The maximum Gasteiger partial charge on any atom is 0.438 e. The van der Waals surface area contributed by atoms with E-state index in [1.54, 1.807) is 58.8 Å². The molecule has 1 N–H and O–H groups in total. The minimum atomic E-state index is -0.862. The van der Waals surface area contributed by atoms with E-state index in [4.69, 9.17) is 19.1 Å². The summed E-state index contributed by atoms with van der Waals surface area (Å²) in [6.07, 6.45) is 7.15. The number of nitrogens with one attached hydrogen (secondary N) is 1. The number of nitrogens with zero attached hydrogens (tertiary/aromatic N) is 9. The van der Waals surface area contributed by atoms with Crippen molar-refractivity contribution in [1.29, 1.82) is 0 Å². The summed E-state index contributed by atoms with van der Waals surface area (Å²) in [6.45, 7) is 11.6. The molecule has 1 aliphatic carbocycles. The van der Waals surface area contributed by atoms with E-state index in [0.29, 0.717) is 84.5 Å². The van der Waals surface area contributed by atoms with E-state index in [-0.39, 0.29) is 34.4 Å². The van der Waals surface area contributed by atoms with Crippen LogP contribution in [-0.4, -0.2) is 86.7 Å². The molecule has 0 unspecified atom stereocenters. The maximum absolute atomic E-state index is 16.4. The van der Waals surface area contributed by atoms with E-state index >= 15 is 9.18 Å². The molecular formula is C49H50F2N10O6. The number of hydrogen-bond acceptors (Lipinski definition) is 9. The summed E-state index contributed by atoms with van der Waals surface area (Å²) in [6, 6.07) is 15.5. The second-order valence-electron chi connectivity index (χ2n) is 18.9. The van der Waals surface area contributed by atoms with Gasteiger partial charge in [0.05, 0.1) is 59.0 Å². The summed E-state index contributed by atoms with van der Waals surface area (Å²) < 4.78 is 55.3. The van der Waals surface area contributed by atoms with Crippen molar-refractivity contribution in [2.45, 2.75) is 89.9 Å². The fraction of sp³-hybridized carbons (Fsp3) is 0.388. The van der Waals surface area contributed by atoms with E-state index in [2.05, 4.69) is 54.2 Å². The number of aromatic nitrogens is 9. The first-order valence-corrected chi connectivity index (χ1v) is 22.7. The molecule has 11 rings (SSSR count). The largest absolute Gasteiger partial charge is 0.438 e. The Morgan fingerprint density at radius 2 is 1.79 bits per heavy atom. The minimum Gasteiger partial charge on any atom is -0.383 e.